The van der Waals surface area contributed by atoms with E-state index in [-0.39, 0.29) is 24.5 Å². The molecule has 5 nitrogen and oxygen atoms in total. The predicted molar refractivity (Wildman–Crippen MR) is 108 cm³/mol. The topological polar surface area (TPSA) is 58.6 Å². The van der Waals surface area contributed by atoms with Crippen molar-refractivity contribution < 1.29 is 14.3 Å². The summed E-state index contributed by atoms with van der Waals surface area (Å²) in [5.41, 5.74) is 3.90. The van der Waals surface area contributed by atoms with Gasteiger partial charge < -0.3 is 15.0 Å². The molecule has 2 aromatic rings. The van der Waals surface area contributed by atoms with Gasteiger partial charge in [-0.1, -0.05) is 42.0 Å². The van der Waals surface area contributed by atoms with Gasteiger partial charge in [0, 0.05) is 18.8 Å². The van der Waals surface area contributed by atoms with Gasteiger partial charge in [0.05, 0.1) is 13.0 Å². The van der Waals surface area contributed by atoms with Crippen LogP contribution < -0.4 is 10.2 Å². The Bertz CT molecular complexity index is 769. The summed E-state index contributed by atoms with van der Waals surface area (Å²) in [4.78, 5) is 26.2. The minimum atomic E-state index is -0.107. The molecule has 0 spiro atoms. The van der Waals surface area contributed by atoms with Crippen molar-refractivity contribution >= 4 is 17.5 Å². The lowest BCUT2D eigenvalue weighted by Gasteiger charge is -2.23. The van der Waals surface area contributed by atoms with Gasteiger partial charge in [0.2, 0.25) is 5.91 Å². The van der Waals surface area contributed by atoms with Gasteiger partial charge in [-0.05, 0) is 44.0 Å². The highest BCUT2D eigenvalue weighted by atomic mass is 16.5. The molecule has 5 heteroatoms. The minimum Gasteiger partial charge on any atom is -0.375 e. The molecule has 0 saturated heterocycles. The zero-order valence-electron chi connectivity index (χ0n) is 16.5. The molecule has 0 unspecified atom stereocenters. The van der Waals surface area contributed by atoms with E-state index in [4.69, 9.17) is 4.74 Å². The molecule has 144 valence electrons. The van der Waals surface area contributed by atoms with Crippen molar-refractivity contribution in [1.82, 2.24) is 5.32 Å². The lowest BCUT2D eigenvalue weighted by Crippen LogP contribution is -2.33. The third-order valence-electron chi connectivity index (χ3n) is 4.05. The number of methoxy groups -OCH3 is 1. The molecule has 2 amide bonds. The second kappa shape index (κ2) is 9.88. The highest BCUT2D eigenvalue weighted by Crippen LogP contribution is 2.19. The smallest absolute Gasteiger partial charge is 0.253 e. The first-order valence-electron chi connectivity index (χ1n) is 9.12. The van der Waals surface area contributed by atoms with Crippen LogP contribution in [0.5, 0.6) is 0 Å². The molecule has 27 heavy (non-hydrogen) atoms. The molecule has 0 atom stereocenters. The van der Waals surface area contributed by atoms with E-state index in [2.05, 4.69) is 11.4 Å². The molecule has 0 aliphatic heterocycles. The summed E-state index contributed by atoms with van der Waals surface area (Å²) in [5, 5.41) is 2.88. The number of hydrogen-bond acceptors (Lipinski definition) is 3. The zero-order valence-corrected chi connectivity index (χ0v) is 16.5. The van der Waals surface area contributed by atoms with Crippen LogP contribution in [0.4, 0.5) is 5.69 Å². The lowest BCUT2D eigenvalue weighted by molar-refractivity contribution is -0.122. The highest BCUT2D eigenvalue weighted by molar-refractivity contribution is 5.94. The van der Waals surface area contributed by atoms with Crippen molar-refractivity contribution in [2.45, 2.75) is 39.8 Å². The molecule has 2 rings (SSSR count). The number of ether oxygens (including phenoxy) is 1. The summed E-state index contributed by atoms with van der Waals surface area (Å²) in [6.07, 6.45) is 0.322. The predicted octanol–water partition coefficient (Wildman–Crippen LogP) is 3.24. The maximum Gasteiger partial charge on any atom is 0.253 e. The van der Waals surface area contributed by atoms with Crippen molar-refractivity contribution in [3.63, 3.8) is 0 Å². The Balaban J connectivity index is 2.17. The number of aryl methyl sites for hydroxylation is 1. The number of nitrogens with one attached hydrogen (secondary N) is 1. The van der Waals surface area contributed by atoms with Gasteiger partial charge >= 0.3 is 0 Å². The van der Waals surface area contributed by atoms with Gasteiger partial charge in [0.15, 0.2) is 0 Å². The van der Waals surface area contributed by atoms with Gasteiger partial charge in [0.25, 0.3) is 5.91 Å². The number of amides is 2. The largest absolute Gasteiger partial charge is 0.375 e. The molecule has 0 saturated carbocycles. The van der Waals surface area contributed by atoms with E-state index in [0.717, 1.165) is 22.4 Å². The Hall–Kier alpha value is -2.66. The van der Waals surface area contributed by atoms with E-state index >= 15 is 0 Å². The molecule has 0 aliphatic rings. The Morgan fingerprint density at radius 3 is 2.37 bits per heavy atom. The van der Waals surface area contributed by atoms with Crippen LogP contribution in [0.25, 0.3) is 0 Å². The van der Waals surface area contributed by atoms with Crippen LogP contribution in [0.2, 0.25) is 0 Å². The Morgan fingerprint density at radius 1 is 1.07 bits per heavy atom. The SMILES string of the molecule is COCC(=O)N(Cc1cccc(C)c1)c1ccc(CC(=O)NC(C)C)cc1. The minimum absolute atomic E-state index is 0.00942. The van der Waals surface area contributed by atoms with Gasteiger partial charge in [-0.15, -0.1) is 0 Å². The van der Waals surface area contributed by atoms with E-state index in [9.17, 15) is 9.59 Å². The first-order valence-corrected chi connectivity index (χ1v) is 9.12. The third-order valence-corrected chi connectivity index (χ3v) is 4.05. The van der Waals surface area contributed by atoms with Gasteiger partial charge in [-0.25, -0.2) is 0 Å². The number of nitrogens with zero attached hydrogens (tertiary/aromatic N) is 1. The summed E-state index contributed by atoms with van der Waals surface area (Å²) < 4.78 is 5.04. The van der Waals surface area contributed by atoms with E-state index in [1.807, 2.05) is 63.2 Å². The first kappa shape index (κ1) is 20.6. The van der Waals surface area contributed by atoms with E-state index < -0.39 is 0 Å². The highest BCUT2D eigenvalue weighted by Gasteiger charge is 2.16. The number of rotatable bonds is 8. The zero-order chi connectivity index (χ0) is 19.8. The second-order valence-electron chi connectivity index (χ2n) is 6.97. The van der Waals surface area contributed by atoms with Crippen molar-refractivity contribution in [3.8, 4) is 0 Å². The maximum absolute atomic E-state index is 12.6. The summed E-state index contributed by atoms with van der Waals surface area (Å²) in [5.74, 6) is -0.117. The quantitative estimate of drug-likeness (QED) is 0.778. The molecule has 0 aromatic heterocycles. The molecule has 0 fully saturated rings. The third kappa shape index (κ3) is 6.53. The van der Waals surface area contributed by atoms with Crippen molar-refractivity contribution in [1.29, 1.82) is 0 Å². The fourth-order valence-corrected chi connectivity index (χ4v) is 2.87. The molecule has 0 radical (unpaired) electrons. The van der Waals surface area contributed by atoms with Crippen LogP contribution in [0.1, 0.15) is 30.5 Å². The van der Waals surface area contributed by atoms with Crippen molar-refractivity contribution in [3.05, 3.63) is 65.2 Å². The van der Waals surface area contributed by atoms with E-state index in [1.165, 1.54) is 7.11 Å². The van der Waals surface area contributed by atoms with Crippen LogP contribution in [-0.4, -0.2) is 31.6 Å². The molecule has 0 bridgehead atoms. The van der Waals surface area contributed by atoms with Crippen LogP contribution >= 0.6 is 0 Å². The number of hydrogen-bond donors (Lipinski definition) is 1. The van der Waals surface area contributed by atoms with Crippen LogP contribution in [0, 0.1) is 6.92 Å². The van der Waals surface area contributed by atoms with Gasteiger partial charge in [-0.2, -0.15) is 0 Å². The van der Waals surface area contributed by atoms with Gasteiger partial charge in [0.1, 0.15) is 6.61 Å². The Morgan fingerprint density at radius 2 is 1.78 bits per heavy atom. The van der Waals surface area contributed by atoms with E-state index in [0.29, 0.717) is 13.0 Å². The summed E-state index contributed by atoms with van der Waals surface area (Å²) in [7, 11) is 1.51. The van der Waals surface area contributed by atoms with Crippen LogP contribution in [-0.2, 0) is 27.3 Å². The normalized spacial score (nSPS) is 10.7. The van der Waals surface area contributed by atoms with E-state index in [1.54, 1.807) is 4.90 Å². The number of carbonyl (C=O) groups is 2. The molecular formula is C22H28N2O3. The molecule has 1 N–H and O–H groups in total. The number of carbonyl (C=O) groups excluding carboxylic acids is 2. The Kier molecular flexibility index (Phi) is 7.55. The van der Waals surface area contributed by atoms with Gasteiger partial charge in [-0.3, -0.25) is 9.59 Å². The molecule has 0 aliphatic carbocycles. The fraction of sp³-hybridized carbons (Fsp3) is 0.364. The molecular weight excluding hydrogens is 340 g/mol. The standard InChI is InChI=1S/C22H28N2O3/c1-16(2)23-21(25)13-18-8-10-20(11-9-18)24(22(26)15-27-4)14-19-7-5-6-17(3)12-19/h5-12,16H,13-15H2,1-4H3,(H,23,25). The molecule has 2 aromatic carbocycles. The second-order valence-corrected chi connectivity index (χ2v) is 6.97. The lowest BCUT2D eigenvalue weighted by atomic mass is 10.1. The number of benzene rings is 2. The Labute approximate surface area is 161 Å². The first-order chi connectivity index (χ1) is 12.9. The average molecular weight is 368 g/mol. The average Bonchev–Trinajstić information content (AvgIpc) is 2.60. The van der Waals surface area contributed by atoms with Crippen molar-refractivity contribution in [2.24, 2.45) is 0 Å². The summed E-state index contributed by atoms with van der Waals surface area (Å²) >= 11 is 0. The summed E-state index contributed by atoms with van der Waals surface area (Å²) in [6, 6.07) is 15.7. The fourth-order valence-electron chi connectivity index (χ4n) is 2.87. The number of anilines is 1. The van der Waals surface area contributed by atoms with Crippen molar-refractivity contribution in [2.75, 3.05) is 18.6 Å². The monoisotopic (exact) mass is 368 g/mol. The maximum atomic E-state index is 12.6. The summed E-state index contributed by atoms with van der Waals surface area (Å²) in [6.45, 7) is 6.39. The molecule has 0 heterocycles. The van der Waals surface area contributed by atoms with Crippen LogP contribution in [0.15, 0.2) is 48.5 Å². The van der Waals surface area contributed by atoms with Crippen LogP contribution in [0.3, 0.4) is 0 Å².